The number of aromatic nitrogens is 6. The van der Waals surface area contributed by atoms with Crippen molar-refractivity contribution in [3.63, 3.8) is 0 Å². The second-order valence-electron chi connectivity index (χ2n) is 6.83. The first-order valence-corrected chi connectivity index (χ1v) is 9.16. The number of aryl methyl sites for hydroxylation is 2. The van der Waals surface area contributed by atoms with Crippen LogP contribution >= 0.6 is 0 Å². The number of carbonyl (C=O) groups excluding carboxylic acids is 1. The van der Waals surface area contributed by atoms with Gasteiger partial charge in [0.15, 0.2) is 5.69 Å². The molecule has 0 spiro atoms. The first-order valence-electron chi connectivity index (χ1n) is 9.16. The van der Waals surface area contributed by atoms with Crippen LogP contribution < -0.4 is 0 Å². The zero-order valence-corrected chi connectivity index (χ0v) is 16.6. The molecular weight excluding hydrogens is 399 g/mol. The Bertz CT molecular complexity index is 1000. The molecular formula is C19H20F3N7O. The van der Waals surface area contributed by atoms with Gasteiger partial charge in [-0.1, -0.05) is 0 Å². The Morgan fingerprint density at radius 1 is 1.17 bits per heavy atom. The summed E-state index contributed by atoms with van der Waals surface area (Å²) >= 11 is 0. The summed E-state index contributed by atoms with van der Waals surface area (Å²) in [5.41, 5.74) is 0.456. The van der Waals surface area contributed by atoms with E-state index in [1.54, 1.807) is 26.1 Å². The second-order valence-corrected chi connectivity index (χ2v) is 6.83. The molecule has 158 valence electrons. The highest BCUT2D eigenvalue weighted by molar-refractivity contribution is 5.95. The molecule has 0 aliphatic carbocycles. The maximum atomic E-state index is 13.1. The van der Waals surface area contributed by atoms with E-state index in [0.717, 1.165) is 12.4 Å². The number of pyridine rings is 1. The fourth-order valence-corrected chi connectivity index (χ4v) is 2.74. The van der Waals surface area contributed by atoms with E-state index in [2.05, 4.69) is 25.1 Å². The molecule has 11 heteroatoms. The molecule has 0 aliphatic rings. The van der Waals surface area contributed by atoms with E-state index in [9.17, 15) is 18.0 Å². The topological polar surface area (TPSA) is 89.7 Å². The van der Waals surface area contributed by atoms with Gasteiger partial charge in [0, 0.05) is 37.6 Å². The highest BCUT2D eigenvalue weighted by atomic mass is 19.4. The predicted octanol–water partition coefficient (Wildman–Crippen LogP) is 2.87. The first-order chi connectivity index (χ1) is 14.2. The van der Waals surface area contributed by atoms with Gasteiger partial charge < -0.3 is 4.90 Å². The molecule has 0 aliphatic heterocycles. The summed E-state index contributed by atoms with van der Waals surface area (Å²) in [6, 6.07) is 3.26. The minimum Gasteiger partial charge on any atom is -0.338 e. The van der Waals surface area contributed by atoms with E-state index in [4.69, 9.17) is 0 Å². The molecule has 1 amide bonds. The average Bonchev–Trinajstić information content (AvgIpc) is 3.25. The number of hydrogen-bond acceptors (Lipinski definition) is 6. The maximum Gasteiger partial charge on any atom is 0.419 e. The van der Waals surface area contributed by atoms with Gasteiger partial charge in [-0.2, -0.15) is 23.4 Å². The summed E-state index contributed by atoms with van der Waals surface area (Å²) in [5, 5.41) is 8.12. The quantitative estimate of drug-likeness (QED) is 0.610. The van der Waals surface area contributed by atoms with Crippen molar-refractivity contribution in [2.75, 3.05) is 7.05 Å². The average molecular weight is 419 g/mol. The molecule has 1 atom stereocenters. The molecule has 0 saturated carbocycles. The van der Waals surface area contributed by atoms with Crippen molar-refractivity contribution >= 4 is 5.91 Å². The van der Waals surface area contributed by atoms with E-state index >= 15 is 0 Å². The van der Waals surface area contributed by atoms with Crippen molar-refractivity contribution in [2.45, 2.75) is 38.9 Å². The lowest BCUT2D eigenvalue weighted by Gasteiger charge is -2.25. The van der Waals surface area contributed by atoms with Gasteiger partial charge in [0.2, 0.25) is 0 Å². The summed E-state index contributed by atoms with van der Waals surface area (Å²) in [6.07, 6.45) is 0.861. The van der Waals surface area contributed by atoms with Gasteiger partial charge in [-0.15, -0.1) is 4.80 Å². The standard InChI is InChI=1S/C19H20F3N7O/c1-12-4-6-15(29-25-8-9-26-29)17(27-12)18(30)28(3)13(2)5-7-16-23-10-14(11-24-16)19(20,21)22/h4,6,8-11,13H,5,7H2,1-3H3/t13-/m0/s1. The van der Waals surface area contributed by atoms with Crippen LogP contribution in [0.15, 0.2) is 36.9 Å². The van der Waals surface area contributed by atoms with Crippen LogP contribution in [0, 0.1) is 6.92 Å². The fourth-order valence-electron chi connectivity index (χ4n) is 2.74. The van der Waals surface area contributed by atoms with Crippen LogP contribution in [0.25, 0.3) is 5.69 Å². The van der Waals surface area contributed by atoms with Gasteiger partial charge in [0.1, 0.15) is 11.5 Å². The number of hydrogen-bond donors (Lipinski definition) is 0. The van der Waals surface area contributed by atoms with Crippen molar-refractivity contribution in [1.82, 2.24) is 34.8 Å². The number of amides is 1. The summed E-state index contributed by atoms with van der Waals surface area (Å²) in [6.45, 7) is 3.62. The summed E-state index contributed by atoms with van der Waals surface area (Å²) < 4.78 is 37.8. The van der Waals surface area contributed by atoms with Gasteiger partial charge in [-0.05, 0) is 32.4 Å². The molecule has 0 bridgehead atoms. The molecule has 8 nitrogen and oxygen atoms in total. The van der Waals surface area contributed by atoms with Gasteiger partial charge in [0.25, 0.3) is 5.91 Å². The number of carbonyl (C=O) groups is 1. The number of nitrogens with zero attached hydrogens (tertiary/aromatic N) is 7. The van der Waals surface area contributed by atoms with Crippen LogP contribution in [0.4, 0.5) is 13.2 Å². The highest BCUT2D eigenvalue weighted by Gasteiger charge is 2.31. The Kier molecular flexibility index (Phi) is 6.09. The Hall–Kier alpha value is -3.37. The fraction of sp³-hybridized carbons (Fsp3) is 0.368. The molecule has 0 aromatic carbocycles. The number of alkyl halides is 3. The first kappa shape index (κ1) is 21.3. The highest BCUT2D eigenvalue weighted by Crippen LogP contribution is 2.27. The molecule has 0 N–H and O–H groups in total. The zero-order chi connectivity index (χ0) is 21.9. The van der Waals surface area contributed by atoms with Crippen LogP contribution in [0.3, 0.4) is 0 Å². The lowest BCUT2D eigenvalue weighted by Crippen LogP contribution is -2.36. The van der Waals surface area contributed by atoms with Crippen molar-refractivity contribution < 1.29 is 18.0 Å². The van der Waals surface area contributed by atoms with E-state index in [1.807, 2.05) is 6.92 Å². The summed E-state index contributed by atoms with van der Waals surface area (Å²) in [7, 11) is 1.64. The minimum absolute atomic E-state index is 0.214. The molecule has 30 heavy (non-hydrogen) atoms. The Morgan fingerprint density at radius 2 is 1.80 bits per heavy atom. The van der Waals surface area contributed by atoms with Crippen LogP contribution in [0.1, 0.15) is 40.9 Å². The molecule has 0 unspecified atom stereocenters. The number of halogens is 3. The minimum atomic E-state index is -4.47. The van der Waals surface area contributed by atoms with Gasteiger partial charge in [-0.3, -0.25) is 4.79 Å². The smallest absolute Gasteiger partial charge is 0.338 e. The maximum absolute atomic E-state index is 13.1. The molecule has 0 radical (unpaired) electrons. The van der Waals surface area contributed by atoms with E-state index < -0.39 is 11.7 Å². The lowest BCUT2D eigenvalue weighted by atomic mass is 10.1. The molecule has 0 saturated heterocycles. The number of rotatable bonds is 6. The van der Waals surface area contributed by atoms with Crippen LogP contribution in [-0.4, -0.2) is 53.8 Å². The summed E-state index contributed by atoms with van der Waals surface area (Å²) in [5.74, 6) is -0.0300. The van der Waals surface area contributed by atoms with Crippen molar-refractivity contribution in [3.8, 4) is 5.69 Å². The Balaban J connectivity index is 1.70. The largest absolute Gasteiger partial charge is 0.419 e. The van der Waals surface area contributed by atoms with Crippen molar-refractivity contribution in [2.24, 2.45) is 0 Å². The predicted molar refractivity (Wildman–Crippen MR) is 101 cm³/mol. The van der Waals surface area contributed by atoms with Crippen LogP contribution in [-0.2, 0) is 12.6 Å². The van der Waals surface area contributed by atoms with Crippen LogP contribution in [0.5, 0.6) is 0 Å². The molecule has 3 aromatic rings. The normalized spacial score (nSPS) is 12.6. The van der Waals surface area contributed by atoms with Gasteiger partial charge >= 0.3 is 6.18 Å². The van der Waals surface area contributed by atoms with Crippen LogP contribution in [0.2, 0.25) is 0 Å². The third-order valence-corrected chi connectivity index (χ3v) is 4.65. The van der Waals surface area contributed by atoms with E-state index in [0.29, 0.717) is 24.2 Å². The second kappa shape index (κ2) is 8.56. The zero-order valence-electron chi connectivity index (χ0n) is 16.6. The van der Waals surface area contributed by atoms with Crippen molar-refractivity contribution in [1.29, 1.82) is 0 Å². The van der Waals surface area contributed by atoms with E-state index in [-0.39, 0.29) is 23.5 Å². The Morgan fingerprint density at radius 3 is 2.40 bits per heavy atom. The molecule has 3 aromatic heterocycles. The molecule has 3 rings (SSSR count). The third-order valence-electron chi connectivity index (χ3n) is 4.65. The monoisotopic (exact) mass is 419 g/mol. The Labute approximate surface area is 170 Å². The molecule has 3 heterocycles. The van der Waals surface area contributed by atoms with E-state index in [1.165, 1.54) is 22.1 Å². The SMILES string of the molecule is Cc1ccc(-n2nccn2)c(C(=O)N(C)[C@@H](C)CCc2ncc(C(F)(F)F)cn2)n1. The molecule has 0 fully saturated rings. The van der Waals surface area contributed by atoms with Gasteiger partial charge in [0.05, 0.1) is 18.0 Å². The van der Waals surface area contributed by atoms with Gasteiger partial charge in [-0.25, -0.2) is 15.0 Å². The third kappa shape index (κ3) is 4.78. The lowest BCUT2D eigenvalue weighted by molar-refractivity contribution is -0.138. The van der Waals surface area contributed by atoms with Crippen molar-refractivity contribution in [3.05, 3.63) is 59.7 Å². The summed E-state index contributed by atoms with van der Waals surface area (Å²) in [4.78, 5) is 27.8.